The van der Waals surface area contributed by atoms with E-state index in [4.69, 9.17) is 26.0 Å². The molecule has 9 nitrogen and oxygen atoms in total. The van der Waals surface area contributed by atoms with Gasteiger partial charge in [-0.15, -0.1) is 0 Å². The van der Waals surface area contributed by atoms with Crippen LogP contribution in [0.25, 0.3) is 33.7 Å². The molecule has 3 aromatic heterocycles. The Morgan fingerprint density at radius 2 is 1.80 bits per heavy atom. The maximum Gasteiger partial charge on any atom is 0.291 e. The number of imidazole rings is 1. The Labute approximate surface area is 261 Å². The predicted octanol–water partition coefficient (Wildman–Crippen LogP) is 6.40. The molecule has 1 amide bonds. The van der Waals surface area contributed by atoms with Gasteiger partial charge >= 0.3 is 0 Å². The van der Waals surface area contributed by atoms with E-state index in [1.165, 1.54) is 12.8 Å². The average Bonchev–Trinajstić information content (AvgIpc) is 3.74. The molecule has 5 aromatic rings. The summed E-state index contributed by atoms with van der Waals surface area (Å²) < 4.78 is 8.15. The summed E-state index contributed by atoms with van der Waals surface area (Å²) in [5, 5.41) is 3.68. The van der Waals surface area contributed by atoms with E-state index < -0.39 is 0 Å². The van der Waals surface area contributed by atoms with Crippen LogP contribution in [0, 0.1) is 13.8 Å². The number of nitrogens with zero attached hydrogens (tertiary/aromatic N) is 6. The molecule has 5 heterocycles. The van der Waals surface area contributed by atoms with Gasteiger partial charge in [0.2, 0.25) is 5.89 Å². The molecule has 1 fully saturated rings. The van der Waals surface area contributed by atoms with E-state index in [1.54, 1.807) is 6.20 Å². The Hall–Kier alpha value is -4.05. The van der Waals surface area contributed by atoms with Gasteiger partial charge in [-0.05, 0) is 87.3 Å². The Morgan fingerprint density at radius 3 is 2.61 bits per heavy atom. The lowest BCUT2D eigenvalue weighted by atomic mass is 9.95. The third-order valence-electron chi connectivity index (χ3n) is 9.08. The van der Waals surface area contributed by atoms with Crippen molar-refractivity contribution in [3.8, 4) is 22.6 Å². The van der Waals surface area contributed by atoms with Crippen LogP contribution in [0.4, 0.5) is 5.69 Å². The van der Waals surface area contributed by atoms with Crippen molar-refractivity contribution in [1.82, 2.24) is 29.3 Å². The minimum Gasteiger partial charge on any atom is -0.434 e. The van der Waals surface area contributed by atoms with Crippen molar-refractivity contribution in [1.29, 1.82) is 0 Å². The van der Waals surface area contributed by atoms with E-state index in [2.05, 4.69) is 33.2 Å². The van der Waals surface area contributed by atoms with Crippen molar-refractivity contribution < 1.29 is 9.21 Å². The number of pyridine rings is 1. The number of aromatic nitrogens is 4. The summed E-state index contributed by atoms with van der Waals surface area (Å²) in [7, 11) is 3.99. The molecule has 2 aromatic carbocycles. The number of carbonyl (C=O) groups excluding carboxylic acids is 1. The molecule has 0 atom stereocenters. The number of oxazole rings is 1. The number of rotatable bonds is 6. The maximum absolute atomic E-state index is 13.4. The van der Waals surface area contributed by atoms with Crippen LogP contribution in [-0.2, 0) is 26.6 Å². The van der Waals surface area contributed by atoms with Crippen molar-refractivity contribution in [2.45, 2.75) is 46.2 Å². The summed E-state index contributed by atoms with van der Waals surface area (Å²) in [5.74, 6) is 0.688. The molecule has 7 rings (SSSR count). The van der Waals surface area contributed by atoms with E-state index in [0.29, 0.717) is 22.3 Å². The average molecular weight is 610 g/mol. The number of anilines is 1. The second-order valence-corrected chi connectivity index (χ2v) is 12.5. The van der Waals surface area contributed by atoms with Crippen LogP contribution in [0.3, 0.4) is 0 Å². The molecule has 0 bridgehead atoms. The van der Waals surface area contributed by atoms with Crippen LogP contribution in [0.1, 0.15) is 51.5 Å². The zero-order valence-electron chi connectivity index (χ0n) is 25.6. The van der Waals surface area contributed by atoms with Gasteiger partial charge in [-0.2, -0.15) is 0 Å². The molecule has 0 saturated carbocycles. The number of benzene rings is 2. The molecule has 0 spiro atoms. The molecule has 0 aliphatic carbocycles. The molecule has 2 aliphatic rings. The minimum absolute atomic E-state index is 0.221. The quantitative estimate of drug-likeness (QED) is 0.238. The van der Waals surface area contributed by atoms with Crippen molar-refractivity contribution >= 4 is 34.3 Å². The van der Waals surface area contributed by atoms with Crippen molar-refractivity contribution in [2.24, 2.45) is 7.05 Å². The number of carbonyl (C=O) groups is 1. The Bertz CT molecular complexity index is 1900. The summed E-state index contributed by atoms with van der Waals surface area (Å²) in [4.78, 5) is 32.2. The lowest BCUT2D eigenvalue weighted by Crippen LogP contribution is -2.27. The third kappa shape index (κ3) is 5.19. The van der Waals surface area contributed by atoms with E-state index in [-0.39, 0.29) is 5.91 Å². The minimum atomic E-state index is -0.221. The number of fused-ring (bicyclic) bond motifs is 2. The molecule has 44 heavy (non-hydrogen) atoms. The first kappa shape index (κ1) is 28.7. The Morgan fingerprint density at radius 1 is 1.00 bits per heavy atom. The van der Waals surface area contributed by atoms with Gasteiger partial charge < -0.3 is 19.2 Å². The fourth-order valence-electron chi connectivity index (χ4n) is 6.57. The zero-order chi connectivity index (χ0) is 30.5. The fourth-order valence-corrected chi connectivity index (χ4v) is 6.84. The Balaban J connectivity index is 1.18. The van der Waals surface area contributed by atoms with Gasteiger partial charge in [0.15, 0.2) is 11.4 Å². The molecular formula is C34H36ClN7O2. The summed E-state index contributed by atoms with van der Waals surface area (Å²) in [6.45, 7) is 8.85. The van der Waals surface area contributed by atoms with Gasteiger partial charge in [0, 0.05) is 62.4 Å². The summed E-state index contributed by atoms with van der Waals surface area (Å²) in [6, 6.07) is 9.97. The van der Waals surface area contributed by atoms with Crippen molar-refractivity contribution in [3.63, 3.8) is 0 Å². The number of hydrogen-bond acceptors (Lipinski definition) is 7. The summed E-state index contributed by atoms with van der Waals surface area (Å²) in [6.07, 6.45) is 6.99. The van der Waals surface area contributed by atoms with Crippen LogP contribution >= 0.6 is 11.6 Å². The predicted molar refractivity (Wildman–Crippen MR) is 173 cm³/mol. The first-order chi connectivity index (χ1) is 21.3. The third-order valence-corrected chi connectivity index (χ3v) is 9.36. The highest BCUT2D eigenvalue weighted by molar-refractivity contribution is 6.34. The second kappa shape index (κ2) is 11.5. The van der Waals surface area contributed by atoms with Crippen LogP contribution < -0.4 is 5.32 Å². The van der Waals surface area contributed by atoms with E-state index in [1.807, 2.05) is 55.9 Å². The molecule has 2 aliphatic heterocycles. The van der Waals surface area contributed by atoms with E-state index >= 15 is 0 Å². The van der Waals surface area contributed by atoms with Gasteiger partial charge in [0.25, 0.3) is 5.91 Å². The van der Waals surface area contributed by atoms with Crippen molar-refractivity contribution in [2.75, 3.05) is 32.0 Å². The molecule has 10 heteroatoms. The summed E-state index contributed by atoms with van der Waals surface area (Å²) in [5.41, 5.74) is 9.92. The molecule has 0 unspecified atom stereocenters. The van der Waals surface area contributed by atoms with Gasteiger partial charge in [0.1, 0.15) is 5.52 Å². The van der Waals surface area contributed by atoms with Gasteiger partial charge in [-0.1, -0.05) is 23.7 Å². The zero-order valence-corrected chi connectivity index (χ0v) is 26.3. The van der Waals surface area contributed by atoms with Crippen LogP contribution in [-0.4, -0.2) is 61.9 Å². The number of hydrogen-bond donors (Lipinski definition) is 1. The first-order valence-corrected chi connectivity index (χ1v) is 15.5. The molecule has 1 N–H and O–H groups in total. The molecular weight excluding hydrogens is 574 g/mol. The maximum atomic E-state index is 13.4. The smallest absolute Gasteiger partial charge is 0.291 e. The highest BCUT2D eigenvalue weighted by atomic mass is 35.5. The molecule has 1 saturated heterocycles. The Kier molecular flexibility index (Phi) is 7.48. The second-order valence-electron chi connectivity index (χ2n) is 12.1. The highest BCUT2D eigenvalue weighted by Gasteiger charge is 2.25. The van der Waals surface area contributed by atoms with Crippen LogP contribution in [0.5, 0.6) is 0 Å². The normalized spacial score (nSPS) is 15.7. The number of amides is 1. The largest absolute Gasteiger partial charge is 0.434 e. The number of nitrogens with one attached hydrogen (secondary N) is 1. The molecule has 0 radical (unpaired) electrons. The standard InChI is InChI=1S/C34H36ClN7O2/c1-20-24(16-36-17-25(20)34-39-28-15-22(14-26(35)31(28)44-34)18-42-11-5-6-12-42)23-8-7-9-27(21(23)2)38-33(43)32-37-29-19-40(3)13-10-30(29)41(32)4/h7-9,14-17H,5-6,10-13,18-19H2,1-4H3,(H,38,43). The number of likely N-dealkylation sites (tertiary alicyclic amines) is 1. The SMILES string of the molecule is Cc1c(NC(=O)c2nc3c(n2C)CCN(C)C3)cccc1-c1cncc(-c2nc3cc(CN4CCCC4)cc(Cl)c3o2)c1C. The number of likely N-dealkylation sites (N-methyl/N-ethyl adjacent to an activating group) is 1. The van der Waals surface area contributed by atoms with Crippen LogP contribution in [0.15, 0.2) is 47.1 Å². The van der Waals surface area contributed by atoms with Gasteiger partial charge in [0.05, 0.1) is 16.3 Å². The number of halogens is 1. The topological polar surface area (TPSA) is 92.3 Å². The lowest BCUT2D eigenvalue weighted by Gasteiger charge is -2.21. The van der Waals surface area contributed by atoms with E-state index in [0.717, 1.165) is 95.1 Å². The highest BCUT2D eigenvalue weighted by Crippen LogP contribution is 2.37. The van der Waals surface area contributed by atoms with Crippen molar-refractivity contribution in [3.05, 3.63) is 81.7 Å². The van der Waals surface area contributed by atoms with E-state index in [9.17, 15) is 4.79 Å². The first-order valence-electron chi connectivity index (χ1n) is 15.2. The lowest BCUT2D eigenvalue weighted by molar-refractivity contribution is 0.101. The molecule has 226 valence electrons. The van der Waals surface area contributed by atoms with Crippen LogP contribution in [0.2, 0.25) is 5.02 Å². The van der Waals surface area contributed by atoms with Gasteiger partial charge in [-0.3, -0.25) is 14.7 Å². The summed E-state index contributed by atoms with van der Waals surface area (Å²) >= 11 is 6.67. The van der Waals surface area contributed by atoms with Gasteiger partial charge in [-0.25, -0.2) is 9.97 Å². The fraction of sp³-hybridized carbons (Fsp3) is 0.353. The monoisotopic (exact) mass is 609 g/mol.